The molecule has 0 bridgehead atoms. The molecule has 0 heterocycles. The van der Waals surface area contributed by atoms with Crippen molar-refractivity contribution in [3.05, 3.63) is 86.9 Å². The zero-order valence-corrected chi connectivity index (χ0v) is 20.9. The number of ether oxygens (including phenoxy) is 3. The maximum atomic E-state index is 12.5. The van der Waals surface area contributed by atoms with Gasteiger partial charge in [0.05, 0.1) is 23.4 Å². The molecule has 0 aromatic heterocycles. The summed E-state index contributed by atoms with van der Waals surface area (Å²) in [6, 6.07) is 16.2. The fourth-order valence-corrected chi connectivity index (χ4v) is 3.61. The van der Waals surface area contributed by atoms with Crippen LogP contribution >= 0.6 is 15.9 Å². The number of esters is 1. The minimum Gasteiger partial charge on any atom is -0.493 e. The van der Waals surface area contributed by atoms with Crippen LogP contribution in [0.1, 0.15) is 32.6 Å². The van der Waals surface area contributed by atoms with Gasteiger partial charge in [0.15, 0.2) is 18.1 Å². The summed E-state index contributed by atoms with van der Waals surface area (Å²) in [6.07, 6.45) is 1.45. The number of nitrogens with zero attached hydrogens (tertiary/aromatic N) is 1. The van der Waals surface area contributed by atoms with Gasteiger partial charge in [-0.2, -0.15) is 5.10 Å². The van der Waals surface area contributed by atoms with Crippen molar-refractivity contribution in [1.29, 1.82) is 0 Å². The minimum atomic E-state index is -0.503. The summed E-state index contributed by atoms with van der Waals surface area (Å²) in [7, 11) is 1.47. The number of benzene rings is 3. The molecule has 0 aliphatic rings. The molecule has 3 aromatic carbocycles. The molecule has 0 atom stereocenters. The van der Waals surface area contributed by atoms with E-state index in [9.17, 15) is 9.59 Å². The Labute approximate surface area is 206 Å². The summed E-state index contributed by atoms with van der Waals surface area (Å²) < 4.78 is 17.0. The number of methoxy groups -OCH3 is 1. The van der Waals surface area contributed by atoms with Crippen molar-refractivity contribution in [1.82, 2.24) is 5.43 Å². The SMILES string of the molecule is COc1cc(/C=N\NC(=O)COc2ccc(C)cc2C)cc(Br)c1OC(=O)c1ccc(C)cc1. The Kier molecular flexibility index (Phi) is 8.43. The second kappa shape index (κ2) is 11.5. The third-order valence-electron chi connectivity index (χ3n) is 4.83. The largest absolute Gasteiger partial charge is 0.493 e. The van der Waals surface area contributed by atoms with Crippen molar-refractivity contribution >= 4 is 34.0 Å². The third-order valence-corrected chi connectivity index (χ3v) is 5.41. The first-order chi connectivity index (χ1) is 16.3. The molecule has 0 saturated carbocycles. The number of hydrazone groups is 1. The molecular weight excluding hydrogens is 500 g/mol. The molecule has 0 saturated heterocycles. The topological polar surface area (TPSA) is 86.2 Å². The van der Waals surface area contributed by atoms with Gasteiger partial charge < -0.3 is 14.2 Å². The lowest BCUT2D eigenvalue weighted by Crippen LogP contribution is -2.24. The highest BCUT2D eigenvalue weighted by Crippen LogP contribution is 2.36. The first kappa shape index (κ1) is 25.0. The van der Waals surface area contributed by atoms with E-state index in [4.69, 9.17) is 14.2 Å². The molecule has 7 nitrogen and oxygen atoms in total. The van der Waals surface area contributed by atoms with Crippen LogP contribution in [0.15, 0.2) is 64.2 Å². The molecule has 3 aromatic rings. The van der Waals surface area contributed by atoms with Crippen molar-refractivity contribution in [3.8, 4) is 17.2 Å². The van der Waals surface area contributed by atoms with Crippen LogP contribution in [0.25, 0.3) is 0 Å². The average molecular weight is 525 g/mol. The van der Waals surface area contributed by atoms with Crippen molar-refractivity contribution in [2.45, 2.75) is 20.8 Å². The number of nitrogens with one attached hydrogen (secondary N) is 1. The molecule has 0 fully saturated rings. The summed E-state index contributed by atoms with van der Waals surface area (Å²) in [5, 5.41) is 3.96. The summed E-state index contributed by atoms with van der Waals surface area (Å²) in [4.78, 5) is 24.6. The lowest BCUT2D eigenvalue weighted by molar-refractivity contribution is -0.123. The van der Waals surface area contributed by atoms with Crippen LogP contribution in [-0.4, -0.2) is 31.8 Å². The summed E-state index contributed by atoms with van der Waals surface area (Å²) >= 11 is 3.41. The highest BCUT2D eigenvalue weighted by molar-refractivity contribution is 9.10. The normalized spacial score (nSPS) is 10.7. The molecule has 0 aliphatic carbocycles. The molecule has 0 spiro atoms. The summed E-state index contributed by atoms with van der Waals surface area (Å²) in [6.45, 7) is 5.69. The predicted molar refractivity (Wildman–Crippen MR) is 134 cm³/mol. The van der Waals surface area contributed by atoms with Crippen molar-refractivity contribution in [2.75, 3.05) is 13.7 Å². The van der Waals surface area contributed by atoms with Crippen LogP contribution < -0.4 is 19.6 Å². The Morgan fingerprint density at radius 2 is 1.68 bits per heavy atom. The second-order valence-electron chi connectivity index (χ2n) is 7.64. The number of carbonyl (C=O) groups is 2. The fraction of sp³-hybridized carbons (Fsp3) is 0.192. The zero-order chi connectivity index (χ0) is 24.7. The number of rotatable bonds is 8. The lowest BCUT2D eigenvalue weighted by atomic mass is 10.1. The molecule has 1 amide bonds. The highest BCUT2D eigenvalue weighted by atomic mass is 79.9. The predicted octanol–water partition coefficient (Wildman–Crippen LogP) is 5.13. The summed E-state index contributed by atoms with van der Waals surface area (Å²) in [5.41, 5.74) is 6.59. The van der Waals surface area contributed by atoms with Gasteiger partial charge in [-0.15, -0.1) is 0 Å². The Balaban J connectivity index is 1.62. The Morgan fingerprint density at radius 3 is 2.35 bits per heavy atom. The minimum absolute atomic E-state index is 0.165. The van der Waals surface area contributed by atoms with Crippen LogP contribution in [0.5, 0.6) is 17.2 Å². The number of hydrogen-bond donors (Lipinski definition) is 1. The van der Waals surface area contributed by atoms with Gasteiger partial charge in [0, 0.05) is 0 Å². The van der Waals surface area contributed by atoms with E-state index in [2.05, 4.69) is 26.5 Å². The van der Waals surface area contributed by atoms with Crippen molar-refractivity contribution in [2.24, 2.45) is 5.10 Å². The van der Waals surface area contributed by atoms with E-state index in [1.165, 1.54) is 13.3 Å². The smallest absolute Gasteiger partial charge is 0.343 e. The molecular formula is C26H25BrN2O5. The molecule has 8 heteroatoms. The standard InChI is InChI=1S/C26H25BrN2O5/c1-16-5-8-20(9-6-16)26(31)34-25-21(27)12-19(13-23(25)32-4)14-28-29-24(30)15-33-22-10-7-17(2)11-18(22)3/h5-14H,15H2,1-4H3,(H,29,30)/b28-14-. The molecule has 3 rings (SSSR count). The maximum Gasteiger partial charge on any atom is 0.343 e. The first-order valence-corrected chi connectivity index (χ1v) is 11.2. The van der Waals surface area contributed by atoms with Gasteiger partial charge in [0.25, 0.3) is 5.91 Å². The number of aryl methyl sites for hydroxylation is 3. The van der Waals surface area contributed by atoms with Gasteiger partial charge in [-0.3, -0.25) is 4.79 Å². The van der Waals surface area contributed by atoms with Gasteiger partial charge >= 0.3 is 5.97 Å². The van der Waals surface area contributed by atoms with Gasteiger partial charge in [0.2, 0.25) is 0 Å². The molecule has 0 aliphatic heterocycles. The van der Waals surface area contributed by atoms with Gasteiger partial charge in [-0.1, -0.05) is 35.4 Å². The molecule has 34 heavy (non-hydrogen) atoms. The highest BCUT2D eigenvalue weighted by Gasteiger charge is 2.17. The van der Waals surface area contributed by atoms with E-state index >= 15 is 0 Å². The number of hydrogen-bond acceptors (Lipinski definition) is 6. The molecule has 0 radical (unpaired) electrons. The first-order valence-electron chi connectivity index (χ1n) is 10.4. The quantitative estimate of drug-likeness (QED) is 0.191. The van der Waals surface area contributed by atoms with Crippen molar-refractivity contribution < 1.29 is 23.8 Å². The van der Waals surface area contributed by atoms with E-state index in [0.717, 1.165) is 16.7 Å². The molecule has 0 unspecified atom stereocenters. The van der Waals surface area contributed by atoms with Crippen LogP contribution in [-0.2, 0) is 4.79 Å². The van der Waals surface area contributed by atoms with Crippen LogP contribution in [0.2, 0.25) is 0 Å². The van der Waals surface area contributed by atoms with Crippen LogP contribution in [0.4, 0.5) is 0 Å². The van der Waals surface area contributed by atoms with Crippen molar-refractivity contribution in [3.63, 3.8) is 0 Å². The number of carbonyl (C=O) groups excluding carboxylic acids is 2. The Bertz CT molecular complexity index is 1220. The monoisotopic (exact) mass is 524 g/mol. The van der Waals surface area contributed by atoms with Gasteiger partial charge in [-0.05, 0) is 78.2 Å². The number of amides is 1. The van der Waals surface area contributed by atoms with Crippen LogP contribution in [0, 0.1) is 20.8 Å². The average Bonchev–Trinajstić information content (AvgIpc) is 2.80. The van der Waals surface area contributed by atoms with E-state index in [1.54, 1.807) is 24.3 Å². The second-order valence-corrected chi connectivity index (χ2v) is 8.49. The van der Waals surface area contributed by atoms with E-state index < -0.39 is 11.9 Å². The summed E-state index contributed by atoms with van der Waals surface area (Å²) in [5.74, 6) is 0.327. The third kappa shape index (κ3) is 6.68. The van der Waals surface area contributed by atoms with Gasteiger partial charge in [-0.25, -0.2) is 10.2 Å². The Hall–Kier alpha value is -3.65. The maximum absolute atomic E-state index is 12.5. The van der Waals surface area contributed by atoms with E-state index in [-0.39, 0.29) is 12.4 Å². The van der Waals surface area contributed by atoms with E-state index in [1.807, 2.05) is 51.1 Å². The fourth-order valence-electron chi connectivity index (χ4n) is 3.07. The van der Waals surface area contributed by atoms with Crippen LogP contribution in [0.3, 0.4) is 0 Å². The lowest BCUT2D eigenvalue weighted by Gasteiger charge is -2.12. The zero-order valence-electron chi connectivity index (χ0n) is 19.3. The van der Waals surface area contributed by atoms with E-state index in [0.29, 0.717) is 27.1 Å². The molecule has 176 valence electrons. The Morgan fingerprint density at radius 1 is 0.971 bits per heavy atom. The van der Waals surface area contributed by atoms with Gasteiger partial charge in [0.1, 0.15) is 5.75 Å². The number of halogens is 1. The molecule has 1 N–H and O–H groups in total.